The maximum absolute atomic E-state index is 12.5. The standard InChI is InChI=1S/C15H16F3N3OS/c1-3-9(4-2)13-20-21-14(23-13)19-12(22)10-5-7-11(8-6-10)15(16,17)18/h5-9H,3-4H2,1-2H3,(H,19,21,22). The van der Waals surface area contributed by atoms with Gasteiger partial charge in [-0.1, -0.05) is 25.2 Å². The molecule has 8 heteroatoms. The Hall–Kier alpha value is -1.96. The van der Waals surface area contributed by atoms with Crippen LogP contribution in [0.5, 0.6) is 0 Å². The fourth-order valence-corrected chi connectivity index (χ4v) is 3.07. The molecular formula is C15H16F3N3OS. The first-order chi connectivity index (χ1) is 10.8. The lowest BCUT2D eigenvalue weighted by molar-refractivity contribution is -0.137. The van der Waals surface area contributed by atoms with Gasteiger partial charge in [0.1, 0.15) is 5.01 Å². The SMILES string of the molecule is CCC(CC)c1nnc(NC(=O)c2ccc(C(F)(F)F)cc2)s1. The molecule has 2 aromatic rings. The third-order valence-corrected chi connectivity index (χ3v) is 4.47. The summed E-state index contributed by atoms with van der Waals surface area (Å²) in [5, 5.41) is 11.7. The summed E-state index contributed by atoms with van der Waals surface area (Å²) in [5.74, 6) is -0.213. The van der Waals surface area contributed by atoms with Crippen molar-refractivity contribution in [2.75, 3.05) is 5.32 Å². The summed E-state index contributed by atoms with van der Waals surface area (Å²) in [6.45, 7) is 4.10. The van der Waals surface area contributed by atoms with E-state index < -0.39 is 17.6 Å². The number of alkyl halides is 3. The lowest BCUT2D eigenvalue weighted by Crippen LogP contribution is -2.12. The average molecular weight is 343 g/mol. The zero-order valence-electron chi connectivity index (χ0n) is 12.6. The minimum Gasteiger partial charge on any atom is -0.296 e. The van der Waals surface area contributed by atoms with Gasteiger partial charge in [0.15, 0.2) is 0 Å². The van der Waals surface area contributed by atoms with Crippen molar-refractivity contribution in [2.24, 2.45) is 0 Å². The van der Waals surface area contributed by atoms with E-state index in [4.69, 9.17) is 0 Å². The molecule has 0 fully saturated rings. The first-order valence-electron chi connectivity index (χ1n) is 7.17. The molecule has 2 rings (SSSR count). The second kappa shape index (κ2) is 7.08. The van der Waals surface area contributed by atoms with Crippen LogP contribution in [0.2, 0.25) is 0 Å². The predicted octanol–water partition coefficient (Wildman–Crippen LogP) is 4.71. The molecule has 1 aromatic heterocycles. The van der Waals surface area contributed by atoms with Gasteiger partial charge < -0.3 is 0 Å². The number of benzene rings is 1. The highest BCUT2D eigenvalue weighted by molar-refractivity contribution is 7.15. The smallest absolute Gasteiger partial charge is 0.296 e. The normalized spacial score (nSPS) is 11.7. The quantitative estimate of drug-likeness (QED) is 0.855. The highest BCUT2D eigenvalue weighted by atomic mass is 32.1. The van der Waals surface area contributed by atoms with E-state index in [0.29, 0.717) is 11.0 Å². The van der Waals surface area contributed by atoms with Crippen molar-refractivity contribution in [2.45, 2.75) is 38.8 Å². The van der Waals surface area contributed by atoms with Crippen LogP contribution in [0.15, 0.2) is 24.3 Å². The number of anilines is 1. The molecule has 23 heavy (non-hydrogen) atoms. The number of aromatic nitrogens is 2. The molecule has 0 aliphatic carbocycles. The summed E-state index contributed by atoms with van der Waals surface area (Å²) in [5.41, 5.74) is -0.654. The Morgan fingerprint density at radius 2 is 1.78 bits per heavy atom. The van der Waals surface area contributed by atoms with Crippen LogP contribution in [-0.4, -0.2) is 16.1 Å². The second-order valence-electron chi connectivity index (χ2n) is 4.99. The van der Waals surface area contributed by atoms with Crippen LogP contribution >= 0.6 is 11.3 Å². The number of carbonyl (C=O) groups excluding carboxylic acids is 1. The maximum Gasteiger partial charge on any atom is 0.416 e. The number of halogens is 3. The molecule has 0 aliphatic rings. The number of rotatable bonds is 5. The Bertz CT molecular complexity index is 663. The van der Waals surface area contributed by atoms with E-state index in [9.17, 15) is 18.0 Å². The van der Waals surface area contributed by atoms with Crippen LogP contribution in [0.3, 0.4) is 0 Å². The fraction of sp³-hybridized carbons (Fsp3) is 0.400. The largest absolute Gasteiger partial charge is 0.416 e. The van der Waals surface area contributed by atoms with Gasteiger partial charge in [0, 0.05) is 11.5 Å². The van der Waals surface area contributed by atoms with Gasteiger partial charge in [-0.05, 0) is 37.1 Å². The van der Waals surface area contributed by atoms with Crippen molar-refractivity contribution in [1.82, 2.24) is 10.2 Å². The molecule has 1 amide bonds. The number of nitrogens with zero attached hydrogens (tertiary/aromatic N) is 2. The first kappa shape index (κ1) is 17.4. The number of amides is 1. The Morgan fingerprint density at radius 3 is 2.30 bits per heavy atom. The van der Waals surface area contributed by atoms with E-state index in [1.54, 1.807) is 0 Å². The molecule has 124 valence electrons. The number of hydrogen-bond acceptors (Lipinski definition) is 4. The van der Waals surface area contributed by atoms with E-state index in [2.05, 4.69) is 29.4 Å². The van der Waals surface area contributed by atoms with Crippen LogP contribution in [0.1, 0.15) is 53.5 Å². The molecule has 0 atom stereocenters. The third kappa shape index (κ3) is 4.28. The Balaban J connectivity index is 2.07. The van der Waals surface area contributed by atoms with Crippen molar-refractivity contribution in [3.05, 3.63) is 40.4 Å². The monoisotopic (exact) mass is 343 g/mol. The summed E-state index contributed by atoms with van der Waals surface area (Å²) in [6, 6.07) is 4.04. The first-order valence-corrected chi connectivity index (χ1v) is 7.98. The van der Waals surface area contributed by atoms with E-state index in [-0.39, 0.29) is 5.56 Å². The molecule has 0 spiro atoms. The Kier molecular flexibility index (Phi) is 5.35. The summed E-state index contributed by atoms with van der Waals surface area (Å²) in [7, 11) is 0. The molecule has 0 saturated carbocycles. The molecule has 0 unspecified atom stereocenters. The van der Waals surface area contributed by atoms with Crippen LogP contribution in [0.25, 0.3) is 0 Å². The van der Waals surface area contributed by atoms with Crippen LogP contribution in [-0.2, 0) is 6.18 Å². The second-order valence-corrected chi connectivity index (χ2v) is 6.00. The van der Waals surface area contributed by atoms with Gasteiger partial charge in [0.25, 0.3) is 5.91 Å². The number of carbonyl (C=O) groups is 1. The van der Waals surface area contributed by atoms with E-state index in [1.165, 1.54) is 11.3 Å². The van der Waals surface area contributed by atoms with Gasteiger partial charge >= 0.3 is 6.18 Å². The highest BCUT2D eigenvalue weighted by Crippen LogP contribution is 2.30. The molecule has 0 saturated heterocycles. The van der Waals surface area contributed by atoms with Gasteiger partial charge in [-0.3, -0.25) is 10.1 Å². The van der Waals surface area contributed by atoms with Crippen LogP contribution in [0.4, 0.5) is 18.3 Å². The third-order valence-electron chi connectivity index (χ3n) is 3.47. The fourth-order valence-electron chi connectivity index (χ4n) is 2.07. The summed E-state index contributed by atoms with van der Waals surface area (Å²) in [4.78, 5) is 12.0. The van der Waals surface area contributed by atoms with Gasteiger partial charge in [-0.25, -0.2) is 0 Å². The maximum atomic E-state index is 12.5. The van der Waals surface area contributed by atoms with Crippen LogP contribution < -0.4 is 5.32 Å². The number of nitrogens with one attached hydrogen (secondary N) is 1. The van der Waals surface area contributed by atoms with E-state index in [1.807, 2.05) is 0 Å². The minimum absolute atomic E-state index is 0.136. The molecule has 1 heterocycles. The number of hydrogen-bond donors (Lipinski definition) is 1. The Labute approximate surface area is 135 Å². The zero-order chi connectivity index (χ0) is 17.0. The predicted molar refractivity (Wildman–Crippen MR) is 82.6 cm³/mol. The molecular weight excluding hydrogens is 327 g/mol. The van der Waals surface area contributed by atoms with Crippen molar-refractivity contribution in [3.8, 4) is 0 Å². The molecule has 1 aromatic carbocycles. The van der Waals surface area contributed by atoms with E-state index in [0.717, 1.165) is 42.1 Å². The summed E-state index contributed by atoms with van der Waals surface area (Å²) in [6.07, 6.45) is -2.56. The van der Waals surface area contributed by atoms with Gasteiger partial charge in [-0.2, -0.15) is 13.2 Å². The zero-order valence-corrected chi connectivity index (χ0v) is 13.5. The van der Waals surface area contributed by atoms with Crippen molar-refractivity contribution >= 4 is 22.4 Å². The Morgan fingerprint density at radius 1 is 1.17 bits per heavy atom. The highest BCUT2D eigenvalue weighted by Gasteiger charge is 2.30. The van der Waals surface area contributed by atoms with Gasteiger partial charge in [0.2, 0.25) is 5.13 Å². The molecule has 0 aliphatic heterocycles. The lowest BCUT2D eigenvalue weighted by atomic mass is 10.1. The van der Waals surface area contributed by atoms with Crippen LogP contribution in [0, 0.1) is 0 Å². The summed E-state index contributed by atoms with van der Waals surface area (Å²) >= 11 is 1.29. The summed E-state index contributed by atoms with van der Waals surface area (Å²) < 4.78 is 37.5. The van der Waals surface area contributed by atoms with Gasteiger partial charge in [-0.15, -0.1) is 10.2 Å². The average Bonchev–Trinajstić information content (AvgIpc) is 2.96. The molecule has 1 N–H and O–H groups in total. The molecule has 4 nitrogen and oxygen atoms in total. The van der Waals surface area contributed by atoms with Gasteiger partial charge in [0.05, 0.1) is 5.56 Å². The van der Waals surface area contributed by atoms with Crippen molar-refractivity contribution in [1.29, 1.82) is 0 Å². The van der Waals surface area contributed by atoms with Crippen molar-refractivity contribution in [3.63, 3.8) is 0 Å². The topological polar surface area (TPSA) is 54.9 Å². The molecule has 0 bridgehead atoms. The van der Waals surface area contributed by atoms with E-state index >= 15 is 0 Å². The lowest BCUT2D eigenvalue weighted by Gasteiger charge is -2.07. The van der Waals surface area contributed by atoms with Crippen molar-refractivity contribution < 1.29 is 18.0 Å². The molecule has 0 radical (unpaired) electrons. The minimum atomic E-state index is -4.42.